The fourth-order valence-electron chi connectivity index (χ4n) is 3.68. The standard InChI is InChI=1S/C18H20N4O2/c23-17-7-1-2-9-20(17)13-18(24)21-11-14-5-4-10-22(14)16-6-3-8-19-15(16)12-21/h1-3,6-9,14H,4-5,10-13H2/t14-/m0/s1. The van der Waals surface area contributed by atoms with Gasteiger partial charge in [-0.3, -0.25) is 14.6 Å². The third-order valence-electron chi connectivity index (χ3n) is 4.88. The molecule has 6 heteroatoms. The van der Waals surface area contributed by atoms with E-state index in [4.69, 9.17) is 0 Å². The largest absolute Gasteiger partial charge is 0.365 e. The SMILES string of the molecule is O=C(Cn1ccccc1=O)N1Cc2ncccc2N2CCC[C@H]2C1. The summed E-state index contributed by atoms with van der Waals surface area (Å²) in [7, 11) is 0. The Bertz CT molecular complexity index is 816. The van der Waals surface area contributed by atoms with Gasteiger partial charge in [0.25, 0.3) is 5.56 Å². The van der Waals surface area contributed by atoms with Crippen molar-refractivity contribution in [1.82, 2.24) is 14.5 Å². The molecule has 4 heterocycles. The quantitative estimate of drug-likeness (QED) is 0.834. The van der Waals surface area contributed by atoms with E-state index in [1.165, 1.54) is 10.6 Å². The Morgan fingerprint density at radius 2 is 2.17 bits per heavy atom. The molecule has 0 N–H and O–H groups in total. The minimum absolute atomic E-state index is 0.0337. The molecule has 2 aliphatic heterocycles. The Labute approximate surface area is 140 Å². The van der Waals surface area contributed by atoms with Gasteiger partial charge in [-0.2, -0.15) is 0 Å². The van der Waals surface area contributed by atoms with Gasteiger partial charge < -0.3 is 14.4 Å². The minimum atomic E-state index is -0.151. The van der Waals surface area contributed by atoms with Crippen LogP contribution in [0.1, 0.15) is 18.5 Å². The first-order valence-electron chi connectivity index (χ1n) is 8.36. The molecular formula is C18H20N4O2. The predicted octanol–water partition coefficient (Wildman–Crippen LogP) is 1.25. The fourth-order valence-corrected chi connectivity index (χ4v) is 3.68. The van der Waals surface area contributed by atoms with Crippen LogP contribution in [0.25, 0.3) is 0 Å². The molecule has 124 valence electrons. The van der Waals surface area contributed by atoms with E-state index in [1.54, 1.807) is 24.5 Å². The fraction of sp³-hybridized carbons (Fsp3) is 0.389. The smallest absolute Gasteiger partial charge is 0.250 e. The maximum absolute atomic E-state index is 12.8. The summed E-state index contributed by atoms with van der Waals surface area (Å²) in [5.74, 6) is -0.0337. The maximum Gasteiger partial charge on any atom is 0.250 e. The molecule has 1 amide bonds. The molecule has 2 aromatic rings. The van der Waals surface area contributed by atoms with Crippen LogP contribution >= 0.6 is 0 Å². The molecule has 0 bridgehead atoms. The molecule has 0 unspecified atom stereocenters. The van der Waals surface area contributed by atoms with Crippen molar-refractivity contribution in [1.29, 1.82) is 0 Å². The number of hydrogen-bond acceptors (Lipinski definition) is 4. The minimum Gasteiger partial charge on any atom is -0.365 e. The lowest BCUT2D eigenvalue weighted by Gasteiger charge is -2.27. The van der Waals surface area contributed by atoms with E-state index in [-0.39, 0.29) is 18.0 Å². The van der Waals surface area contributed by atoms with Crippen LogP contribution in [0, 0.1) is 0 Å². The van der Waals surface area contributed by atoms with Crippen LogP contribution in [0.5, 0.6) is 0 Å². The summed E-state index contributed by atoms with van der Waals surface area (Å²) in [4.78, 5) is 33.4. The van der Waals surface area contributed by atoms with E-state index in [9.17, 15) is 9.59 Å². The van der Waals surface area contributed by atoms with Gasteiger partial charge in [0.2, 0.25) is 5.91 Å². The highest BCUT2D eigenvalue weighted by molar-refractivity contribution is 5.76. The van der Waals surface area contributed by atoms with Crippen molar-refractivity contribution >= 4 is 11.6 Å². The van der Waals surface area contributed by atoms with Gasteiger partial charge in [0, 0.05) is 37.6 Å². The van der Waals surface area contributed by atoms with Crippen LogP contribution in [-0.4, -0.2) is 39.5 Å². The van der Waals surface area contributed by atoms with Gasteiger partial charge in [-0.1, -0.05) is 6.07 Å². The van der Waals surface area contributed by atoms with Crippen molar-refractivity contribution in [3.8, 4) is 0 Å². The molecule has 0 saturated carbocycles. The van der Waals surface area contributed by atoms with Gasteiger partial charge in [-0.15, -0.1) is 0 Å². The number of anilines is 1. The van der Waals surface area contributed by atoms with Crippen LogP contribution in [0.4, 0.5) is 5.69 Å². The number of nitrogens with zero attached hydrogens (tertiary/aromatic N) is 4. The van der Waals surface area contributed by atoms with Crippen LogP contribution in [0.15, 0.2) is 47.5 Å². The van der Waals surface area contributed by atoms with Gasteiger partial charge in [-0.25, -0.2) is 0 Å². The Hall–Kier alpha value is -2.63. The third kappa shape index (κ3) is 2.68. The van der Waals surface area contributed by atoms with Crippen molar-refractivity contribution < 1.29 is 4.79 Å². The Balaban J connectivity index is 1.61. The molecule has 24 heavy (non-hydrogen) atoms. The molecule has 1 atom stereocenters. The molecule has 2 aliphatic rings. The Morgan fingerprint density at radius 1 is 1.25 bits per heavy atom. The lowest BCUT2D eigenvalue weighted by molar-refractivity contribution is -0.132. The van der Waals surface area contributed by atoms with Crippen LogP contribution in [0.3, 0.4) is 0 Å². The maximum atomic E-state index is 12.8. The third-order valence-corrected chi connectivity index (χ3v) is 4.88. The summed E-state index contributed by atoms with van der Waals surface area (Å²) in [6.45, 7) is 2.29. The molecule has 4 rings (SSSR count). The van der Waals surface area contributed by atoms with Crippen molar-refractivity contribution in [3.63, 3.8) is 0 Å². The van der Waals surface area contributed by atoms with Crippen molar-refractivity contribution in [2.75, 3.05) is 18.0 Å². The number of amides is 1. The molecule has 0 radical (unpaired) electrons. The number of fused-ring (bicyclic) bond motifs is 3. The number of pyridine rings is 2. The van der Waals surface area contributed by atoms with Gasteiger partial charge in [0.05, 0.1) is 17.9 Å². The summed E-state index contributed by atoms with van der Waals surface area (Å²) in [5.41, 5.74) is 1.93. The first-order chi connectivity index (χ1) is 11.7. The number of aromatic nitrogens is 2. The summed E-state index contributed by atoms with van der Waals surface area (Å²) >= 11 is 0. The summed E-state index contributed by atoms with van der Waals surface area (Å²) in [5, 5.41) is 0. The zero-order chi connectivity index (χ0) is 16.5. The molecular weight excluding hydrogens is 304 g/mol. The van der Waals surface area contributed by atoms with Gasteiger partial charge >= 0.3 is 0 Å². The summed E-state index contributed by atoms with van der Waals surface area (Å²) < 4.78 is 1.46. The molecule has 1 fully saturated rings. The topological polar surface area (TPSA) is 58.4 Å². The monoisotopic (exact) mass is 324 g/mol. The Kier molecular flexibility index (Phi) is 3.80. The highest BCUT2D eigenvalue weighted by Crippen LogP contribution is 2.31. The van der Waals surface area contributed by atoms with E-state index in [0.29, 0.717) is 19.1 Å². The molecule has 0 aliphatic carbocycles. The van der Waals surface area contributed by atoms with Crippen molar-refractivity contribution in [2.24, 2.45) is 0 Å². The second-order valence-corrected chi connectivity index (χ2v) is 6.40. The highest BCUT2D eigenvalue weighted by Gasteiger charge is 2.33. The molecule has 0 spiro atoms. The van der Waals surface area contributed by atoms with Crippen molar-refractivity contribution in [2.45, 2.75) is 32.0 Å². The zero-order valence-corrected chi connectivity index (χ0v) is 13.5. The summed E-state index contributed by atoms with van der Waals surface area (Å²) in [6.07, 6.45) is 5.66. The van der Waals surface area contributed by atoms with Crippen LogP contribution in [0.2, 0.25) is 0 Å². The first kappa shape index (κ1) is 14.9. The van der Waals surface area contributed by atoms with Gasteiger partial charge in [-0.05, 0) is 31.0 Å². The highest BCUT2D eigenvalue weighted by atomic mass is 16.2. The lowest BCUT2D eigenvalue weighted by Crippen LogP contribution is -2.42. The summed E-state index contributed by atoms with van der Waals surface area (Å²) in [6, 6.07) is 9.32. The lowest BCUT2D eigenvalue weighted by atomic mass is 10.2. The number of rotatable bonds is 2. The average molecular weight is 324 g/mol. The second-order valence-electron chi connectivity index (χ2n) is 6.40. The average Bonchev–Trinajstić information content (AvgIpc) is 2.99. The number of carbonyl (C=O) groups excluding carboxylic acids is 1. The van der Waals surface area contributed by atoms with E-state index >= 15 is 0 Å². The van der Waals surface area contributed by atoms with E-state index < -0.39 is 0 Å². The molecule has 2 aromatic heterocycles. The normalized spacial score (nSPS) is 19.6. The second kappa shape index (κ2) is 6.11. The van der Waals surface area contributed by atoms with Crippen molar-refractivity contribution in [3.05, 3.63) is 58.8 Å². The number of hydrogen-bond donors (Lipinski definition) is 0. The van der Waals surface area contributed by atoms with Gasteiger partial charge in [0.1, 0.15) is 6.54 Å². The Morgan fingerprint density at radius 3 is 3.04 bits per heavy atom. The first-order valence-corrected chi connectivity index (χ1v) is 8.36. The van der Waals surface area contributed by atoms with E-state index in [1.807, 2.05) is 11.0 Å². The van der Waals surface area contributed by atoms with E-state index in [2.05, 4.69) is 16.0 Å². The number of carbonyl (C=O) groups is 1. The predicted molar refractivity (Wildman–Crippen MR) is 90.7 cm³/mol. The van der Waals surface area contributed by atoms with Crippen LogP contribution in [-0.2, 0) is 17.9 Å². The van der Waals surface area contributed by atoms with Gasteiger partial charge in [0.15, 0.2) is 0 Å². The molecule has 6 nitrogen and oxygen atoms in total. The molecule has 0 aromatic carbocycles. The van der Waals surface area contributed by atoms with Crippen LogP contribution < -0.4 is 10.5 Å². The van der Waals surface area contributed by atoms with E-state index in [0.717, 1.165) is 30.8 Å². The molecule has 1 saturated heterocycles. The zero-order valence-electron chi connectivity index (χ0n) is 13.5.